The zero-order valence-electron chi connectivity index (χ0n) is 12.5. The van der Waals surface area contributed by atoms with Crippen LogP contribution in [0.25, 0.3) is 11.4 Å². The lowest BCUT2D eigenvalue weighted by Gasteiger charge is -2.11. The van der Waals surface area contributed by atoms with Gasteiger partial charge in [0.05, 0.1) is 20.5 Å². The molecule has 2 aromatic heterocycles. The zero-order valence-corrected chi connectivity index (χ0v) is 14.7. The van der Waals surface area contributed by atoms with Gasteiger partial charge in [0.25, 0.3) is 0 Å². The molecule has 0 spiro atoms. The summed E-state index contributed by atoms with van der Waals surface area (Å²) in [5, 5.41) is 4.42. The highest BCUT2D eigenvalue weighted by Crippen LogP contribution is 2.27. The Morgan fingerprint density at radius 3 is 2.40 bits per heavy atom. The average molecular weight is 385 g/mol. The van der Waals surface area contributed by atoms with Crippen LogP contribution in [0, 0.1) is 23.3 Å². The molecule has 5 nitrogen and oxygen atoms in total. The number of aromatic nitrogens is 4. The fourth-order valence-electron chi connectivity index (χ4n) is 2.24. The molecule has 0 unspecified atom stereocenters. The molecule has 0 bridgehead atoms. The maximum atomic E-state index is 6.06. The minimum atomic E-state index is 0.529. The summed E-state index contributed by atoms with van der Waals surface area (Å²) >= 11 is 2.23. The van der Waals surface area contributed by atoms with Gasteiger partial charge in [-0.05, 0) is 48.8 Å². The van der Waals surface area contributed by atoms with Crippen LogP contribution in [-0.4, -0.2) is 19.7 Å². The van der Waals surface area contributed by atoms with E-state index in [1.54, 1.807) is 0 Å². The molecule has 6 heteroatoms. The molecule has 2 N–H and O–H groups in total. The second kappa shape index (κ2) is 5.67. The van der Waals surface area contributed by atoms with Crippen LogP contribution in [0.15, 0.2) is 0 Å². The van der Waals surface area contributed by atoms with E-state index in [9.17, 15) is 0 Å². The maximum absolute atomic E-state index is 6.06. The molecular weight excluding hydrogens is 365 g/mol. The van der Waals surface area contributed by atoms with Crippen molar-refractivity contribution in [1.82, 2.24) is 19.7 Å². The van der Waals surface area contributed by atoms with E-state index >= 15 is 0 Å². The number of nitrogens with zero attached hydrogens (tertiary/aromatic N) is 4. The molecule has 2 aromatic rings. The Kier molecular flexibility index (Phi) is 4.31. The minimum Gasteiger partial charge on any atom is -0.383 e. The number of hydrogen-bond acceptors (Lipinski definition) is 4. The summed E-state index contributed by atoms with van der Waals surface area (Å²) in [6, 6.07) is 0. The molecule has 0 atom stereocenters. The number of nitrogens with two attached hydrogens (primary N) is 1. The summed E-state index contributed by atoms with van der Waals surface area (Å²) in [6.45, 7) is 8.35. The van der Waals surface area contributed by atoms with E-state index < -0.39 is 0 Å². The molecule has 0 aliphatic carbocycles. The highest BCUT2D eigenvalue weighted by atomic mass is 127. The Morgan fingerprint density at radius 1 is 1.25 bits per heavy atom. The van der Waals surface area contributed by atoms with Gasteiger partial charge in [0.2, 0.25) is 0 Å². The lowest BCUT2D eigenvalue weighted by molar-refractivity contribution is 0.632. The molecule has 0 radical (unpaired) electrons. The smallest absolute Gasteiger partial charge is 0.165 e. The second-order valence-corrected chi connectivity index (χ2v) is 6.54. The molecule has 0 saturated heterocycles. The number of rotatable bonds is 3. The third-order valence-corrected chi connectivity index (χ3v) is 4.45. The normalized spacial score (nSPS) is 11.3. The molecule has 108 valence electrons. The second-order valence-electron chi connectivity index (χ2n) is 5.46. The van der Waals surface area contributed by atoms with E-state index in [-0.39, 0.29) is 0 Å². The fourth-order valence-corrected chi connectivity index (χ4v) is 2.71. The molecule has 0 fully saturated rings. The van der Waals surface area contributed by atoms with Gasteiger partial charge in [-0.2, -0.15) is 5.10 Å². The van der Waals surface area contributed by atoms with Gasteiger partial charge in [-0.15, -0.1) is 0 Å². The van der Waals surface area contributed by atoms with E-state index in [0.717, 1.165) is 32.6 Å². The van der Waals surface area contributed by atoms with Crippen LogP contribution in [0.3, 0.4) is 0 Å². The van der Waals surface area contributed by atoms with Gasteiger partial charge >= 0.3 is 0 Å². The van der Waals surface area contributed by atoms with Crippen LogP contribution in [0.5, 0.6) is 0 Å². The van der Waals surface area contributed by atoms with Gasteiger partial charge < -0.3 is 5.73 Å². The first-order chi connectivity index (χ1) is 9.31. The first kappa shape index (κ1) is 15.2. The molecule has 2 rings (SSSR count). The van der Waals surface area contributed by atoms with E-state index in [1.165, 1.54) is 0 Å². The predicted octanol–water partition coefficient (Wildman–Crippen LogP) is 2.88. The largest absolute Gasteiger partial charge is 0.383 e. The Morgan fingerprint density at radius 2 is 1.90 bits per heavy atom. The summed E-state index contributed by atoms with van der Waals surface area (Å²) in [5.41, 5.74) is 10.0. The maximum Gasteiger partial charge on any atom is 0.165 e. The van der Waals surface area contributed by atoms with Gasteiger partial charge in [0.15, 0.2) is 5.82 Å². The van der Waals surface area contributed by atoms with Crippen molar-refractivity contribution in [3.8, 4) is 11.4 Å². The van der Waals surface area contributed by atoms with Crippen molar-refractivity contribution in [2.75, 3.05) is 5.73 Å². The summed E-state index contributed by atoms with van der Waals surface area (Å²) in [5.74, 6) is 1.76. The van der Waals surface area contributed by atoms with Crippen molar-refractivity contribution in [3.05, 3.63) is 20.7 Å². The van der Waals surface area contributed by atoms with Crippen molar-refractivity contribution in [2.24, 2.45) is 13.0 Å². The monoisotopic (exact) mass is 385 g/mol. The number of hydrogen-bond donors (Lipinski definition) is 1. The van der Waals surface area contributed by atoms with Gasteiger partial charge in [-0.3, -0.25) is 4.68 Å². The molecule has 2 heterocycles. The molecule has 0 saturated carbocycles. The van der Waals surface area contributed by atoms with Crippen molar-refractivity contribution in [1.29, 1.82) is 0 Å². The van der Waals surface area contributed by atoms with Crippen LogP contribution < -0.4 is 5.73 Å². The van der Waals surface area contributed by atoms with Crippen LogP contribution >= 0.6 is 22.6 Å². The number of nitrogen functional groups attached to an aromatic ring is 1. The highest BCUT2D eigenvalue weighted by molar-refractivity contribution is 14.1. The quantitative estimate of drug-likeness (QED) is 0.825. The molecular formula is C14H20IN5. The molecule has 0 aromatic carbocycles. The Bertz CT molecular complexity index is 645. The minimum absolute atomic E-state index is 0.529. The van der Waals surface area contributed by atoms with Crippen LogP contribution in [0.2, 0.25) is 0 Å². The lowest BCUT2D eigenvalue weighted by Crippen LogP contribution is -2.08. The third-order valence-electron chi connectivity index (χ3n) is 3.28. The van der Waals surface area contributed by atoms with Crippen molar-refractivity contribution in [3.63, 3.8) is 0 Å². The lowest BCUT2D eigenvalue weighted by atomic mass is 10.1. The van der Waals surface area contributed by atoms with Crippen molar-refractivity contribution < 1.29 is 0 Å². The summed E-state index contributed by atoms with van der Waals surface area (Å²) < 4.78 is 2.81. The highest BCUT2D eigenvalue weighted by Gasteiger charge is 2.18. The first-order valence-corrected chi connectivity index (χ1v) is 7.71. The standard InChI is InChI=1S/C14H20IN5/c1-7(2)6-10-12(15)13(16)18-14(17-10)11-8(3)19-20(5)9(11)4/h7H,6H2,1-5H3,(H2,16,17,18). The summed E-state index contributed by atoms with van der Waals surface area (Å²) in [4.78, 5) is 9.18. The molecule has 0 amide bonds. The van der Waals surface area contributed by atoms with Gasteiger partial charge in [-0.1, -0.05) is 13.8 Å². The van der Waals surface area contributed by atoms with Crippen LogP contribution in [0.4, 0.5) is 5.82 Å². The van der Waals surface area contributed by atoms with E-state index in [2.05, 4.69) is 46.5 Å². The Balaban J connectivity index is 2.60. The SMILES string of the molecule is Cc1nn(C)c(C)c1-c1nc(N)c(I)c(CC(C)C)n1. The summed E-state index contributed by atoms with van der Waals surface area (Å²) in [6.07, 6.45) is 0.899. The molecule has 0 aliphatic rings. The third kappa shape index (κ3) is 2.79. The fraction of sp³-hybridized carbons (Fsp3) is 0.500. The van der Waals surface area contributed by atoms with Crippen molar-refractivity contribution in [2.45, 2.75) is 34.1 Å². The number of halogens is 1. The average Bonchev–Trinajstić information content (AvgIpc) is 2.58. The van der Waals surface area contributed by atoms with E-state index in [4.69, 9.17) is 10.7 Å². The number of aryl methyl sites for hydroxylation is 2. The van der Waals surface area contributed by atoms with Crippen LogP contribution in [0.1, 0.15) is 30.9 Å². The van der Waals surface area contributed by atoms with Gasteiger partial charge in [-0.25, -0.2) is 9.97 Å². The Labute approximate surface area is 133 Å². The van der Waals surface area contributed by atoms with Crippen molar-refractivity contribution >= 4 is 28.4 Å². The van der Waals surface area contributed by atoms with Gasteiger partial charge in [0, 0.05) is 12.7 Å². The first-order valence-electron chi connectivity index (χ1n) is 6.63. The molecule has 20 heavy (non-hydrogen) atoms. The van der Waals surface area contributed by atoms with Crippen LogP contribution in [-0.2, 0) is 13.5 Å². The van der Waals surface area contributed by atoms with E-state index in [1.807, 2.05) is 25.6 Å². The topological polar surface area (TPSA) is 69.6 Å². The summed E-state index contributed by atoms with van der Waals surface area (Å²) in [7, 11) is 1.93. The molecule has 0 aliphatic heterocycles. The van der Waals surface area contributed by atoms with Gasteiger partial charge in [0.1, 0.15) is 5.82 Å². The number of anilines is 1. The Hall–Kier alpha value is -1.18. The van der Waals surface area contributed by atoms with E-state index in [0.29, 0.717) is 17.6 Å². The predicted molar refractivity (Wildman–Crippen MR) is 89.4 cm³/mol. The zero-order chi connectivity index (χ0) is 15.0.